The number of benzene rings is 2. The van der Waals surface area contributed by atoms with E-state index in [-0.39, 0.29) is 11.9 Å². The summed E-state index contributed by atoms with van der Waals surface area (Å²) in [6.07, 6.45) is 3.35. The molecule has 180 valence electrons. The number of rotatable bonds is 9. The van der Waals surface area contributed by atoms with Gasteiger partial charge in [0.25, 0.3) is 0 Å². The van der Waals surface area contributed by atoms with Crippen LogP contribution in [0.1, 0.15) is 43.0 Å². The van der Waals surface area contributed by atoms with Gasteiger partial charge in [-0.05, 0) is 31.0 Å². The van der Waals surface area contributed by atoms with Gasteiger partial charge in [0.1, 0.15) is 11.6 Å². The molecule has 1 aromatic heterocycles. The van der Waals surface area contributed by atoms with Crippen molar-refractivity contribution >= 4 is 5.82 Å². The van der Waals surface area contributed by atoms with Gasteiger partial charge in [0.05, 0.1) is 6.10 Å². The lowest BCUT2D eigenvalue weighted by atomic mass is 10.0. The van der Waals surface area contributed by atoms with Crippen molar-refractivity contribution in [2.24, 2.45) is 0 Å². The molecule has 6 heteroatoms. The van der Waals surface area contributed by atoms with Crippen molar-refractivity contribution in [3.05, 3.63) is 77.2 Å². The molecule has 1 aliphatic rings. The van der Waals surface area contributed by atoms with Crippen LogP contribution in [-0.2, 0) is 6.42 Å². The van der Waals surface area contributed by atoms with Crippen LogP contribution in [0.5, 0.6) is 0 Å². The molecule has 1 aliphatic heterocycles. The fourth-order valence-corrected chi connectivity index (χ4v) is 4.59. The molecule has 34 heavy (non-hydrogen) atoms. The van der Waals surface area contributed by atoms with Crippen LogP contribution in [0.15, 0.2) is 54.6 Å². The third kappa shape index (κ3) is 6.19. The SMILES string of the molecule is CCCC[C@@H](O)CN1CCN(c2nc(-c3ccccc3)nc(C)c2Cc2cccc(F)c2)CC1. The van der Waals surface area contributed by atoms with Crippen molar-refractivity contribution < 1.29 is 9.50 Å². The van der Waals surface area contributed by atoms with Crippen LogP contribution in [-0.4, -0.2) is 58.8 Å². The second-order valence-corrected chi connectivity index (χ2v) is 9.19. The highest BCUT2D eigenvalue weighted by Crippen LogP contribution is 2.28. The van der Waals surface area contributed by atoms with Crippen molar-refractivity contribution in [1.29, 1.82) is 0 Å². The zero-order valence-electron chi connectivity index (χ0n) is 20.3. The van der Waals surface area contributed by atoms with Crippen LogP contribution >= 0.6 is 0 Å². The number of piperazine rings is 1. The van der Waals surface area contributed by atoms with Crippen LogP contribution in [0.4, 0.5) is 10.2 Å². The number of aliphatic hydroxyl groups is 1. The lowest BCUT2D eigenvalue weighted by molar-refractivity contribution is 0.100. The Balaban J connectivity index is 1.58. The fourth-order valence-electron chi connectivity index (χ4n) is 4.59. The summed E-state index contributed by atoms with van der Waals surface area (Å²) in [5.74, 6) is 1.42. The Morgan fingerprint density at radius 3 is 2.47 bits per heavy atom. The molecular weight excluding hydrogens is 427 g/mol. The van der Waals surface area contributed by atoms with Crippen LogP contribution < -0.4 is 4.90 Å². The Kier molecular flexibility index (Phi) is 8.25. The number of β-amino-alcohol motifs (C(OH)–C–C–N with tert-alkyl or cyclic N) is 1. The van der Waals surface area contributed by atoms with Crippen LogP contribution in [0.3, 0.4) is 0 Å². The van der Waals surface area contributed by atoms with Gasteiger partial charge in [0.15, 0.2) is 5.82 Å². The molecule has 1 N–H and O–H groups in total. The summed E-state index contributed by atoms with van der Waals surface area (Å²) in [4.78, 5) is 14.5. The van der Waals surface area contributed by atoms with E-state index in [1.165, 1.54) is 6.07 Å². The molecule has 0 spiro atoms. The molecule has 0 unspecified atom stereocenters. The van der Waals surface area contributed by atoms with Crippen molar-refractivity contribution in [3.8, 4) is 11.4 Å². The summed E-state index contributed by atoms with van der Waals surface area (Å²) in [6.45, 7) is 8.33. The summed E-state index contributed by atoms with van der Waals surface area (Å²) in [7, 11) is 0. The zero-order chi connectivity index (χ0) is 23.9. The maximum Gasteiger partial charge on any atom is 0.161 e. The average Bonchev–Trinajstić information content (AvgIpc) is 2.85. The number of unbranched alkanes of at least 4 members (excludes halogenated alkanes) is 1. The first-order chi connectivity index (χ1) is 16.5. The molecule has 0 bridgehead atoms. The quantitative estimate of drug-likeness (QED) is 0.492. The molecule has 0 saturated carbocycles. The zero-order valence-corrected chi connectivity index (χ0v) is 20.3. The highest BCUT2D eigenvalue weighted by Gasteiger charge is 2.24. The predicted molar refractivity (Wildman–Crippen MR) is 136 cm³/mol. The largest absolute Gasteiger partial charge is 0.392 e. The van der Waals surface area contributed by atoms with Crippen molar-refractivity contribution in [3.63, 3.8) is 0 Å². The molecule has 2 aromatic carbocycles. The van der Waals surface area contributed by atoms with E-state index in [1.807, 2.05) is 43.3 Å². The highest BCUT2D eigenvalue weighted by atomic mass is 19.1. The minimum atomic E-state index is -0.263. The van der Waals surface area contributed by atoms with E-state index in [9.17, 15) is 9.50 Å². The topological polar surface area (TPSA) is 52.5 Å². The van der Waals surface area contributed by atoms with Crippen LogP contribution in [0, 0.1) is 12.7 Å². The van der Waals surface area contributed by atoms with E-state index in [4.69, 9.17) is 9.97 Å². The standard InChI is InChI=1S/C28H35FN4O/c1-3-4-13-25(34)20-32-14-16-33(17-15-32)28-26(19-22-9-8-12-24(29)18-22)21(2)30-27(31-28)23-10-6-5-7-11-23/h5-12,18,25,34H,3-4,13-17,19-20H2,1-2H3/t25-/m1/s1. The number of nitrogens with zero attached hydrogens (tertiary/aromatic N) is 4. The Bertz CT molecular complexity index is 1070. The number of hydrogen-bond donors (Lipinski definition) is 1. The van der Waals surface area contributed by atoms with Crippen molar-refractivity contribution in [2.45, 2.75) is 45.6 Å². The lowest BCUT2D eigenvalue weighted by Crippen LogP contribution is -2.49. The molecule has 1 atom stereocenters. The first kappa shape index (κ1) is 24.3. The van der Waals surface area contributed by atoms with E-state index in [0.717, 1.165) is 80.2 Å². The smallest absolute Gasteiger partial charge is 0.161 e. The summed E-state index contributed by atoms with van der Waals surface area (Å²) in [6, 6.07) is 16.8. The van der Waals surface area contributed by atoms with Gasteiger partial charge in [-0.25, -0.2) is 14.4 Å². The Morgan fingerprint density at radius 2 is 1.76 bits per heavy atom. The highest BCUT2D eigenvalue weighted by molar-refractivity contribution is 5.61. The van der Waals surface area contributed by atoms with E-state index >= 15 is 0 Å². The van der Waals surface area contributed by atoms with Crippen molar-refractivity contribution in [1.82, 2.24) is 14.9 Å². The predicted octanol–water partition coefficient (Wildman–Crippen LogP) is 4.86. The summed E-state index contributed by atoms with van der Waals surface area (Å²) in [5, 5.41) is 10.3. The molecule has 5 nitrogen and oxygen atoms in total. The molecular formula is C28H35FN4O. The lowest BCUT2D eigenvalue weighted by Gasteiger charge is -2.37. The minimum Gasteiger partial charge on any atom is -0.392 e. The van der Waals surface area contributed by atoms with E-state index in [0.29, 0.717) is 12.2 Å². The van der Waals surface area contributed by atoms with Gasteiger partial charge in [0, 0.05) is 56.0 Å². The molecule has 1 saturated heterocycles. The Hall–Kier alpha value is -2.83. The van der Waals surface area contributed by atoms with Gasteiger partial charge < -0.3 is 10.0 Å². The number of anilines is 1. The third-order valence-electron chi connectivity index (χ3n) is 6.53. The maximum absolute atomic E-state index is 13.9. The van der Waals surface area contributed by atoms with E-state index in [1.54, 1.807) is 12.1 Å². The molecule has 1 fully saturated rings. The third-order valence-corrected chi connectivity index (χ3v) is 6.53. The van der Waals surface area contributed by atoms with E-state index in [2.05, 4.69) is 16.7 Å². The van der Waals surface area contributed by atoms with Crippen LogP contribution in [0.2, 0.25) is 0 Å². The first-order valence-electron chi connectivity index (χ1n) is 12.4. The number of aryl methyl sites for hydroxylation is 1. The van der Waals surface area contributed by atoms with Crippen molar-refractivity contribution in [2.75, 3.05) is 37.6 Å². The average molecular weight is 463 g/mol. The van der Waals surface area contributed by atoms with Gasteiger partial charge in [-0.1, -0.05) is 62.2 Å². The number of hydrogen-bond acceptors (Lipinski definition) is 5. The number of aromatic nitrogens is 2. The number of aliphatic hydroxyl groups excluding tert-OH is 1. The number of halogens is 1. The summed E-state index contributed by atoms with van der Waals surface area (Å²) in [5.41, 5.74) is 3.87. The molecule has 2 heterocycles. The van der Waals surface area contributed by atoms with Gasteiger partial charge in [-0.2, -0.15) is 0 Å². The maximum atomic E-state index is 13.9. The summed E-state index contributed by atoms with van der Waals surface area (Å²) >= 11 is 0. The molecule has 0 radical (unpaired) electrons. The van der Waals surface area contributed by atoms with Gasteiger partial charge in [-0.15, -0.1) is 0 Å². The molecule has 0 amide bonds. The molecule has 4 rings (SSSR count). The molecule has 3 aromatic rings. The van der Waals surface area contributed by atoms with Gasteiger partial charge in [0.2, 0.25) is 0 Å². The Labute approximate surface area is 202 Å². The monoisotopic (exact) mass is 462 g/mol. The minimum absolute atomic E-state index is 0.228. The fraction of sp³-hybridized carbons (Fsp3) is 0.429. The van der Waals surface area contributed by atoms with Gasteiger partial charge >= 0.3 is 0 Å². The van der Waals surface area contributed by atoms with E-state index < -0.39 is 0 Å². The van der Waals surface area contributed by atoms with Gasteiger partial charge in [-0.3, -0.25) is 4.90 Å². The van der Waals surface area contributed by atoms with Crippen LogP contribution in [0.25, 0.3) is 11.4 Å². The summed E-state index contributed by atoms with van der Waals surface area (Å²) < 4.78 is 13.9. The Morgan fingerprint density at radius 1 is 1.00 bits per heavy atom. The second-order valence-electron chi connectivity index (χ2n) is 9.19. The second kappa shape index (κ2) is 11.5. The normalized spacial score (nSPS) is 15.5. The first-order valence-corrected chi connectivity index (χ1v) is 12.4. The molecule has 0 aliphatic carbocycles.